The van der Waals surface area contributed by atoms with Crippen LogP contribution in [0.4, 0.5) is 0 Å². The lowest BCUT2D eigenvalue weighted by molar-refractivity contribution is -0.109. The first-order valence-corrected chi connectivity index (χ1v) is 5.47. The van der Waals surface area contributed by atoms with Crippen molar-refractivity contribution in [2.24, 2.45) is 0 Å². The molecule has 1 unspecified atom stereocenters. The van der Waals surface area contributed by atoms with Crippen molar-refractivity contribution in [3.63, 3.8) is 0 Å². The Morgan fingerprint density at radius 3 is 2.27 bits per heavy atom. The van der Waals surface area contributed by atoms with E-state index in [-0.39, 0.29) is 0 Å². The van der Waals surface area contributed by atoms with E-state index >= 15 is 0 Å². The van der Waals surface area contributed by atoms with Crippen LogP contribution in [-0.4, -0.2) is 13.0 Å². The van der Waals surface area contributed by atoms with Crippen molar-refractivity contribution < 1.29 is 4.79 Å². The zero-order valence-corrected chi connectivity index (χ0v) is 10.1. The van der Waals surface area contributed by atoms with E-state index in [0.29, 0.717) is 12.5 Å². The van der Waals surface area contributed by atoms with Crippen molar-refractivity contribution >= 4 is 6.41 Å². The van der Waals surface area contributed by atoms with E-state index in [2.05, 4.69) is 43.4 Å². The Hall–Kier alpha value is -1.31. The van der Waals surface area contributed by atoms with E-state index < -0.39 is 0 Å². The normalized spacial score (nSPS) is 10.9. The number of hydrogen-bond donors (Lipinski definition) is 1. The predicted octanol–water partition coefficient (Wildman–Crippen LogP) is 2.87. The molecule has 1 aromatic carbocycles. The average Bonchev–Trinajstić information content (AvgIpc) is 2.29. The quantitative estimate of drug-likeness (QED) is 0.756. The highest BCUT2D eigenvalue weighted by molar-refractivity contribution is 5.46. The molecule has 1 rings (SSSR count). The molecular weight excluding hydrogens is 186 g/mol. The zero-order valence-electron chi connectivity index (χ0n) is 10.1. The summed E-state index contributed by atoms with van der Waals surface area (Å²) >= 11 is 0. The first-order chi connectivity index (χ1) is 7.24. The van der Waals surface area contributed by atoms with Gasteiger partial charge in [0.15, 0.2) is 0 Å². The smallest absolute Gasteiger partial charge is 0.207 e. The molecule has 1 atom stereocenters. The summed E-state index contributed by atoms with van der Waals surface area (Å²) in [4.78, 5) is 10.1. The van der Waals surface area contributed by atoms with Crippen LogP contribution in [0.25, 0.3) is 0 Å². The molecule has 0 aliphatic rings. The summed E-state index contributed by atoms with van der Waals surface area (Å²) in [5, 5.41) is 2.68. The van der Waals surface area contributed by atoms with E-state index in [1.165, 1.54) is 11.1 Å². The van der Waals surface area contributed by atoms with E-state index in [1.54, 1.807) is 0 Å². The third-order valence-corrected chi connectivity index (χ3v) is 2.15. The number of rotatable bonds is 4. The van der Waals surface area contributed by atoms with Crippen molar-refractivity contribution in [2.45, 2.75) is 33.6 Å². The first-order valence-electron chi connectivity index (χ1n) is 5.47. The van der Waals surface area contributed by atoms with E-state index in [1.807, 2.05) is 13.8 Å². The minimum Gasteiger partial charge on any atom is -0.358 e. The fourth-order valence-corrected chi connectivity index (χ4v) is 1.24. The van der Waals surface area contributed by atoms with Gasteiger partial charge in [-0.2, -0.15) is 0 Å². The topological polar surface area (TPSA) is 29.1 Å². The van der Waals surface area contributed by atoms with E-state index in [9.17, 15) is 4.79 Å². The molecule has 0 aliphatic heterocycles. The fraction of sp³-hybridized carbons (Fsp3) is 0.462. The van der Waals surface area contributed by atoms with Crippen LogP contribution in [0.5, 0.6) is 0 Å². The van der Waals surface area contributed by atoms with Crippen LogP contribution < -0.4 is 5.32 Å². The van der Waals surface area contributed by atoms with Crippen molar-refractivity contribution in [1.29, 1.82) is 0 Å². The Labute approximate surface area is 92.7 Å². The second kappa shape index (κ2) is 8.04. The van der Waals surface area contributed by atoms with Crippen molar-refractivity contribution in [3.05, 3.63) is 35.4 Å². The maximum absolute atomic E-state index is 10.1. The Morgan fingerprint density at radius 1 is 1.27 bits per heavy atom. The lowest BCUT2D eigenvalue weighted by Gasteiger charge is -2.10. The van der Waals surface area contributed by atoms with Crippen LogP contribution >= 0.6 is 0 Å². The number of aryl methyl sites for hydroxylation is 1. The van der Waals surface area contributed by atoms with Gasteiger partial charge >= 0.3 is 0 Å². The summed E-state index contributed by atoms with van der Waals surface area (Å²) < 4.78 is 0. The predicted molar refractivity (Wildman–Crippen MR) is 65.0 cm³/mol. The van der Waals surface area contributed by atoms with Crippen LogP contribution in [0.1, 0.15) is 37.8 Å². The van der Waals surface area contributed by atoms with Gasteiger partial charge in [0.1, 0.15) is 0 Å². The highest BCUT2D eigenvalue weighted by atomic mass is 16.1. The van der Waals surface area contributed by atoms with Crippen LogP contribution in [0, 0.1) is 6.92 Å². The Morgan fingerprint density at radius 2 is 1.80 bits per heavy atom. The van der Waals surface area contributed by atoms with Gasteiger partial charge < -0.3 is 5.32 Å². The molecule has 1 N–H and O–H groups in total. The molecule has 0 radical (unpaired) electrons. The largest absolute Gasteiger partial charge is 0.358 e. The third kappa shape index (κ3) is 5.21. The van der Waals surface area contributed by atoms with Gasteiger partial charge in [0.2, 0.25) is 6.41 Å². The van der Waals surface area contributed by atoms with Crippen LogP contribution in [0.3, 0.4) is 0 Å². The zero-order chi connectivity index (χ0) is 11.7. The third-order valence-electron chi connectivity index (χ3n) is 2.15. The minimum atomic E-state index is 0.380. The standard InChI is InChI=1S/C11H15NO.C2H6/c1-9-3-5-11(6-4-9)10(2)7-12-8-13;1-2/h3-6,8,10H,7H2,1-2H3,(H,12,13);1-2H3. The maximum Gasteiger partial charge on any atom is 0.207 e. The molecule has 0 saturated heterocycles. The highest BCUT2D eigenvalue weighted by Crippen LogP contribution is 2.14. The second-order valence-corrected chi connectivity index (χ2v) is 3.34. The maximum atomic E-state index is 10.1. The number of benzene rings is 1. The summed E-state index contributed by atoms with van der Waals surface area (Å²) in [6.45, 7) is 8.87. The van der Waals surface area contributed by atoms with Crippen molar-refractivity contribution in [1.82, 2.24) is 5.32 Å². The molecule has 1 amide bonds. The van der Waals surface area contributed by atoms with Crippen LogP contribution in [0.15, 0.2) is 24.3 Å². The molecule has 0 aromatic heterocycles. The fourth-order valence-electron chi connectivity index (χ4n) is 1.24. The molecule has 2 nitrogen and oxygen atoms in total. The molecule has 0 aliphatic carbocycles. The minimum absolute atomic E-state index is 0.380. The molecule has 0 fully saturated rings. The number of amides is 1. The molecule has 0 bridgehead atoms. The van der Waals surface area contributed by atoms with Gasteiger partial charge in [-0.25, -0.2) is 0 Å². The molecule has 1 aromatic rings. The molecule has 84 valence electrons. The van der Waals surface area contributed by atoms with Gasteiger partial charge in [0.05, 0.1) is 0 Å². The average molecular weight is 207 g/mol. The van der Waals surface area contributed by atoms with Gasteiger partial charge in [-0.1, -0.05) is 50.6 Å². The molecule has 2 heteroatoms. The number of carbonyl (C=O) groups excluding carboxylic acids is 1. The van der Waals surface area contributed by atoms with Crippen LogP contribution in [-0.2, 0) is 4.79 Å². The Balaban J connectivity index is 0.000000921. The number of hydrogen-bond acceptors (Lipinski definition) is 1. The van der Waals surface area contributed by atoms with E-state index in [0.717, 1.165) is 6.41 Å². The Kier molecular flexibility index (Phi) is 7.33. The van der Waals surface area contributed by atoms with Crippen molar-refractivity contribution in [3.8, 4) is 0 Å². The van der Waals surface area contributed by atoms with Gasteiger partial charge in [-0.15, -0.1) is 0 Å². The molecular formula is C13H21NO. The summed E-state index contributed by atoms with van der Waals surface area (Å²) in [5.41, 5.74) is 2.53. The first kappa shape index (κ1) is 13.7. The summed E-state index contributed by atoms with van der Waals surface area (Å²) in [6.07, 6.45) is 0.741. The van der Waals surface area contributed by atoms with Gasteiger partial charge in [0, 0.05) is 6.54 Å². The SMILES string of the molecule is CC.Cc1ccc(C(C)CNC=O)cc1. The van der Waals surface area contributed by atoms with Gasteiger partial charge in [0.25, 0.3) is 0 Å². The summed E-state index contributed by atoms with van der Waals surface area (Å²) in [6, 6.07) is 8.39. The van der Waals surface area contributed by atoms with Gasteiger partial charge in [-0.05, 0) is 18.4 Å². The lowest BCUT2D eigenvalue weighted by atomic mass is 10.0. The number of nitrogens with one attached hydrogen (secondary N) is 1. The molecule has 0 saturated carbocycles. The number of carbonyl (C=O) groups is 1. The molecule has 15 heavy (non-hydrogen) atoms. The highest BCUT2D eigenvalue weighted by Gasteiger charge is 2.03. The van der Waals surface area contributed by atoms with Crippen molar-refractivity contribution in [2.75, 3.05) is 6.54 Å². The van der Waals surface area contributed by atoms with E-state index in [4.69, 9.17) is 0 Å². The van der Waals surface area contributed by atoms with Gasteiger partial charge in [-0.3, -0.25) is 4.79 Å². The lowest BCUT2D eigenvalue weighted by Crippen LogP contribution is -2.17. The summed E-state index contributed by atoms with van der Waals surface area (Å²) in [7, 11) is 0. The monoisotopic (exact) mass is 207 g/mol. The Bertz CT molecular complexity index is 266. The molecule has 0 heterocycles. The summed E-state index contributed by atoms with van der Waals surface area (Å²) in [5.74, 6) is 0.380. The second-order valence-electron chi connectivity index (χ2n) is 3.34. The van der Waals surface area contributed by atoms with Crippen LogP contribution in [0.2, 0.25) is 0 Å². The molecule has 0 spiro atoms.